The summed E-state index contributed by atoms with van der Waals surface area (Å²) >= 11 is 0. The van der Waals surface area contributed by atoms with Gasteiger partial charge in [0.2, 0.25) is 0 Å². The van der Waals surface area contributed by atoms with Gasteiger partial charge in [0.15, 0.2) is 0 Å². The van der Waals surface area contributed by atoms with E-state index in [1.54, 1.807) is 18.5 Å². The third-order valence-corrected chi connectivity index (χ3v) is 2.79. The Bertz CT molecular complexity index is 516. The molecule has 0 aliphatic heterocycles. The van der Waals surface area contributed by atoms with Crippen LogP contribution in [-0.2, 0) is 6.54 Å². The van der Waals surface area contributed by atoms with Crippen LogP contribution in [0.3, 0.4) is 0 Å². The van der Waals surface area contributed by atoms with Gasteiger partial charge in [-0.3, -0.25) is 4.98 Å². The van der Waals surface area contributed by atoms with Crippen molar-refractivity contribution in [1.82, 2.24) is 10.3 Å². The Hall–Kier alpha value is -1.94. The monoisotopic (exact) mass is 246 g/mol. The third kappa shape index (κ3) is 3.05. The fourth-order valence-corrected chi connectivity index (χ4v) is 1.77. The molecule has 0 fully saturated rings. The third-order valence-electron chi connectivity index (χ3n) is 2.79. The lowest BCUT2D eigenvalue weighted by Crippen LogP contribution is -2.18. The first-order valence-electron chi connectivity index (χ1n) is 5.77. The van der Waals surface area contributed by atoms with Crippen LogP contribution in [0.15, 0.2) is 42.7 Å². The summed E-state index contributed by atoms with van der Waals surface area (Å²) < 4.78 is 12.9. The van der Waals surface area contributed by atoms with Crippen LogP contribution in [-0.4, -0.2) is 10.1 Å². The molecule has 2 aromatic rings. The first-order valence-corrected chi connectivity index (χ1v) is 5.77. The highest BCUT2D eigenvalue weighted by Gasteiger charge is 2.10. The maximum atomic E-state index is 12.9. The Kier molecular flexibility index (Phi) is 3.89. The highest BCUT2D eigenvalue weighted by atomic mass is 19.1. The zero-order valence-electron chi connectivity index (χ0n) is 10.1. The summed E-state index contributed by atoms with van der Waals surface area (Å²) in [5, 5.41) is 12.9. The molecule has 1 aromatic heterocycles. The molecule has 2 N–H and O–H groups in total. The van der Waals surface area contributed by atoms with Crippen LogP contribution in [0, 0.1) is 5.82 Å². The molecule has 0 radical (unpaired) electrons. The normalized spacial score (nSPS) is 12.3. The molecule has 1 atom stereocenters. The van der Waals surface area contributed by atoms with Crippen molar-refractivity contribution < 1.29 is 9.50 Å². The Morgan fingerprint density at radius 1 is 1.39 bits per heavy atom. The van der Waals surface area contributed by atoms with E-state index in [4.69, 9.17) is 0 Å². The summed E-state index contributed by atoms with van der Waals surface area (Å²) in [4.78, 5) is 4.03. The van der Waals surface area contributed by atoms with Crippen molar-refractivity contribution in [2.45, 2.75) is 19.5 Å². The van der Waals surface area contributed by atoms with Crippen molar-refractivity contribution in [1.29, 1.82) is 0 Å². The minimum atomic E-state index is -0.435. The average molecular weight is 246 g/mol. The van der Waals surface area contributed by atoms with Gasteiger partial charge in [-0.2, -0.15) is 0 Å². The van der Waals surface area contributed by atoms with E-state index in [0.717, 1.165) is 11.6 Å². The Balaban J connectivity index is 2.01. The first kappa shape index (κ1) is 12.5. The van der Waals surface area contributed by atoms with Crippen LogP contribution >= 0.6 is 0 Å². The summed E-state index contributed by atoms with van der Waals surface area (Å²) in [6.45, 7) is 2.56. The molecule has 0 bridgehead atoms. The predicted octanol–water partition coefficient (Wildman–Crippen LogP) is 2.78. The maximum absolute atomic E-state index is 12.9. The van der Waals surface area contributed by atoms with E-state index in [-0.39, 0.29) is 11.8 Å². The highest BCUT2D eigenvalue weighted by Crippen LogP contribution is 2.24. The molecule has 1 heterocycles. The minimum Gasteiger partial charge on any atom is -0.508 e. The lowest BCUT2D eigenvalue weighted by atomic mass is 10.1. The summed E-state index contributed by atoms with van der Waals surface area (Å²) in [5.74, 6) is -0.461. The van der Waals surface area contributed by atoms with Crippen molar-refractivity contribution in [3.05, 3.63) is 59.7 Å². The van der Waals surface area contributed by atoms with E-state index in [2.05, 4.69) is 10.3 Å². The van der Waals surface area contributed by atoms with Gasteiger partial charge in [0.1, 0.15) is 11.6 Å². The SMILES string of the molecule is CC(NCc1cccnc1)c1ccc(F)cc1O. The standard InChI is InChI=1S/C14H15FN2O/c1-10(13-5-4-12(15)7-14(13)18)17-9-11-3-2-6-16-8-11/h2-8,10,17-18H,9H2,1H3. The van der Waals surface area contributed by atoms with Gasteiger partial charge in [-0.15, -0.1) is 0 Å². The van der Waals surface area contributed by atoms with Gasteiger partial charge in [0.05, 0.1) is 0 Å². The first-order chi connectivity index (χ1) is 8.66. The minimum absolute atomic E-state index is 0.0267. The molecule has 0 saturated heterocycles. The zero-order valence-corrected chi connectivity index (χ0v) is 10.1. The quantitative estimate of drug-likeness (QED) is 0.872. The molecule has 0 saturated carbocycles. The second kappa shape index (κ2) is 5.60. The number of phenols is 1. The lowest BCUT2D eigenvalue weighted by molar-refractivity contribution is 0.446. The summed E-state index contributed by atoms with van der Waals surface area (Å²) in [7, 11) is 0. The molecule has 0 aliphatic rings. The molecule has 1 aromatic carbocycles. The molecule has 2 rings (SSSR count). The van der Waals surface area contributed by atoms with Gasteiger partial charge in [-0.1, -0.05) is 12.1 Å². The molecule has 18 heavy (non-hydrogen) atoms. The number of halogens is 1. The topological polar surface area (TPSA) is 45.2 Å². The number of rotatable bonds is 4. The number of aromatic hydroxyl groups is 1. The number of aromatic nitrogens is 1. The van der Waals surface area contributed by atoms with Crippen LogP contribution in [0.1, 0.15) is 24.1 Å². The largest absolute Gasteiger partial charge is 0.508 e. The van der Waals surface area contributed by atoms with E-state index < -0.39 is 5.82 Å². The summed E-state index contributed by atoms with van der Waals surface area (Å²) in [6, 6.07) is 7.83. The van der Waals surface area contributed by atoms with Gasteiger partial charge in [-0.25, -0.2) is 4.39 Å². The molecule has 0 amide bonds. The fourth-order valence-electron chi connectivity index (χ4n) is 1.77. The summed E-state index contributed by atoms with van der Waals surface area (Å²) in [6.07, 6.45) is 3.50. The Labute approximate surface area is 105 Å². The average Bonchev–Trinajstić information content (AvgIpc) is 2.37. The molecule has 0 spiro atoms. The number of nitrogens with one attached hydrogen (secondary N) is 1. The van der Waals surface area contributed by atoms with E-state index in [1.165, 1.54) is 6.07 Å². The van der Waals surface area contributed by atoms with Gasteiger partial charge < -0.3 is 10.4 Å². The Morgan fingerprint density at radius 3 is 2.89 bits per heavy atom. The lowest BCUT2D eigenvalue weighted by Gasteiger charge is -2.15. The molecule has 4 heteroatoms. The maximum Gasteiger partial charge on any atom is 0.126 e. The number of nitrogens with zero attached hydrogens (tertiary/aromatic N) is 1. The van der Waals surface area contributed by atoms with Gasteiger partial charge in [-0.05, 0) is 24.6 Å². The smallest absolute Gasteiger partial charge is 0.126 e. The number of benzene rings is 1. The van der Waals surface area contributed by atoms with Gasteiger partial charge in [0, 0.05) is 36.6 Å². The van der Waals surface area contributed by atoms with Crippen molar-refractivity contribution in [3.63, 3.8) is 0 Å². The van der Waals surface area contributed by atoms with Gasteiger partial charge >= 0.3 is 0 Å². The van der Waals surface area contributed by atoms with E-state index in [1.807, 2.05) is 19.1 Å². The molecular formula is C14H15FN2O. The number of hydrogen-bond acceptors (Lipinski definition) is 3. The van der Waals surface area contributed by atoms with Crippen LogP contribution in [0.2, 0.25) is 0 Å². The molecule has 94 valence electrons. The van der Waals surface area contributed by atoms with Crippen molar-refractivity contribution in [2.24, 2.45) is 0 Å². The second-order valence-electron chi connectivity index (χ2n) is 4.17. The van der Waals surface area contributed by atoms with E-state index >= 15 is 0 Å². The Morgan fingerprint density at radius 2 is 2.22 bits per heavy atom. The van der Waals surface area contributed by atoms with E-state index in [0.29, 0.717) is 12.1 Å². The van der Waals surface area contributed by atoms with Crippen molar-refractivity contribution >= 4 is 0 Å². The predicted molar refractivity (Wildman–Crippen MR) is 67.6 cm³/mol. The van der Waals surface area contributed by atoms with Gasteiger partial charge in [0.25, 0.3) is 0 Å². The zero-order chi connectivity index (χ0) is 13.0. The van der Waals surface area contributed by atoms with Crippen molar-refractivity contribution in [3.8, 4) is 5.75 Å². The molecule has 1 unspecified atom stereocenters. The molecule has 0 aliphatic carbocycles. The molecular weight excluding hydrogens is 231 g/mol. The number of phenolic OH excluding ortho intramolecular Hbond substituents is 1. The summed E-state index contributed by atoms with van der Waals surface area (Å²) in [5.41, 5.74) is 1.74. The van der Waals surface area contributed by atoms with Crippen LogP contribution in [0.5, 0.6) is 5.75 Å². The second-order valence-corrected chi connectivity index (χ2v) is 4.17. The van der Waals surface area contributed by atoms with Crippen LogP contribution in [0.4, 0.5) is 4.39 Å². The van der Waals surface area contributed by atoms with Crippen LogP contribution < -0.4 is 5.32 Å². The number of hydrogen-bond donors (Lipinski definition) is 2. The van der Waals surface area contributed by atoms with Crippen molar-refractivity contribution in [2.75, 3.05) is 0 Å². The van der Waals surface area contributed by atoms with Crippen LogP contribution in [0.25, 0.3) is 0 Å². The molecule has 3 nitrogen and oxygen atoms in total. The van der Waals surface area contributed by atoms with E-state index in [9.17, 15) is 9.50 Å². The fraction of sp³-hybridized carbons (Fsp3) is 0.214. The number of pyridine rings is 1. The highest BCUT2D eigenvalue weighted by molar-refractivity contribution is 5.34.